The summed E-state index contributed by atoms with van der Waals surface area (Å²) in [5.74, 6) is -0.880. The van der Waals surface area contributed by atoms with E-state index in [4.69, 9.17) is 9.84 Å². The molecule has 0 spiro atoms. The van der Waals surface area contributed by atoms with Crippen LogP contribution in [0.5, 0.6) is 0 Å². The molecule has 1 aliphatic heterocycles. The second-order valence-electron chi connectivity index (χ2n) is 3.64. The Labute approximate surface area is 98.9 Å². The van der Waals surface area contributed by atoms with E-state index < -0.39 is 16.9 Å². The lowest BCUT2D eigenvalue weighted by Gasteiger charge is -2.26. The fraction of sp³-hybridized carbons (Fsp3) is 0.800. The quantitative estimate of drug-likeness (QED) is 0.701. The molecule has 0 amide bonds. The van der Waals surface area contributed by atoms with Crippen molar-refractivity contribution in [1.82, 2.24) is 5.32 Å². The van der Waals surface area contributed by atoms with E-state index in [1.807, 2.05) is 6.92 Å². The minimum atomic E-state index is -0.922. The predicted molar refractivity (Wildman–Crippen MR) is 61.3 cm³/mol. The number of thioether (sulfide) groups is 1. The number of hydrogen-bond donors (Lipinski definition) is 2. The molecule has 0 bridgehead atoms. The van der Waals surface area contributed by atoms with Gasteiger partial charge in [0, 0.05) is 5.75 Å². The molecule has 0 radical (unpaired) electrons. The normalized spacial score (nSPS) is 29.0. The number of carboxylic acids is 1. The summed E-state index contributed by atoms with van der Waals surface area (Å²) in [6.07, 6.45) is 1.38. The van der Waals surface area contributed by atoms with Gasteiger partial charge in [-0.1, -0.05) is 13.3 Å². The first kappa shape index (κ1) is 13.3. The fourth-order valence-corrected chi connectivity index (χ4v) is 3.12. The SMILES string of the molecule is CCCC1(C(=O)OCC)N[C@H](C(=O)O)CS1. The minimum Gasteiger partial charge on any atom is -0.480 e. The molecule has 6 heteroatoms. The van der Waals surface area contributed by atoms with E-state index in [1.54, 1.807) is 6.92 Å². The molecule has 0 saturated carbocycles. The van der Waals surface area contributed by atoms with Crippen molar-refractivity contribution in [2.75, 3.05) is 12.4 Å². The number of nitrogens with one attached hydrogen (secondary N) is 1. The molecule has 16 heavy (non-hydrogen) atoms. The molecule has 1 unspecified atom stereocenters. The Balaban J connectivity index is 2.75. The van der Waals surface area contributed by atoms with Gasteiger partial charge >= 0.3 is 11.9 Å². The Morgan fingerprint density at radius 1 is 1.56 bits per heavy atom. The third kappa shape index (κ3) is 2.68. The van der Waals surface area contributed by atoms with E-state index in [0.717, 1.165) is 6.42 Å². The molecule has 2 atom stereocenters. The molecule has 1 saturated heterocycles. The number of carbonyl (C=O) groups is 2. The zero-order valence-corrected chi connectivity index (χ0v) is 10.3. The van der Waals surface area contributed by atoms with Crippen molar-refractivity contribution < 1.29 is 19.4 Å². The van der Waals surface area contributed by atoms with Gasteiger partial charge in [-0.3, -0.25) is 10.1 Å². The second-order valence-corrected chi connectivity index (χ2v) is 4.96. The highest BCUT2D eigenvalue weighted by atomic mass is 32.2. The Kier molecular flexibility index (Phi) is 4.61. The number of esters is 1. The highest BCUT2D eigenvalue weighted by Gasteiger charge is 2.48. The van der Waals surface area contributed by atoms with Crippen molar-refractivity contribution in [2.45, 2.75) is 37.6 Å². The second kappa shape index (κ2) is 5.54. The Morgan fingerprint density at radius 3 is 2.69 bits per heavy atom. The maximum absolute atomic E-state index is 11.8. The summed E-state index contributed by atoms with van der Waals surface area (Å²) < 4.78 is 4.99. The topological polar surface area (TPSA) is 75.6 Å². The number of carbonyl (C=O) groups excluding carboxylic acids is 1. The summed E-state index contributed by atoms with van der Waals surface area (Å²) in [4.78, 5) is 21.8. The zero-order chi connectivity index (χ0) is 12.2. The minimum absolute atomic E-state index is 0.310. The highest BCUT2D eigenvalue weighted by Crippen LogP contribution is 2.35. The molecule has 5 nitrogen and oxygen atoms in total. The van der Waals surface area contributed by atoms with E-state index in [2.05, 4.69) is 5.32 Å². The summed E-state index contributed by atoms with van der Waals surface area (Å²) in [5, 5.41) is 11.8. The molecule has 0 aromatic rings. The maximum atomic E-state index is 11.8. The molecule has 1 aliphatic rings. The molecule has 0 aromatic heterocycles. The van der Waals surface area contributed by atoms with Crippen LogP contribution in [0.15, 0.2) is 0 Å². The average molecular weight is 247 g/mol. The molecule has 0 aromatic carbocycles. The smallest absolute Gasteiger partial charge is 0.336 e. The number of ether oxygens (including phenoxy) is 1. The van der Waals surface area contributed by atoms with Gasteiger partial charge in [0.15, 0.2) is 4.87 Å². The van der Waals surface area contributed by atoms with Gasteiger partial charge in [-0.2, -0.15) is 0 Å². The highest BCUT2D eigenvalue weighted by molar-refractivity contribution is 8.01. The summed E-state index contributed by atoms with van der Waals surface area (Å²) >= 11 is 1.33. The van der Waals surface area contributed by atoms with Crippen molar-refractivity contribution in [2.24, 2.45) is 0 Å². The van der Waals surface area contributed by atoms with Crippen LogP contribution in [0.4, 0.5) is 0 Å². The number of aliphatic carboxylic acids is 1. The van der Waals surface area contributed by atoms with Gasteiger partial charge in [-0.25, -0.2) is 4.79 Å². The summed E-state index contributed by atoms with van der Waals surface area (Å²) in [6.45, 7) is 4.01. The van der Waals surface area contributed by atoms with Gasteiger partial charge in [0.1, 0.15) is 6.04 Å². The van der Waals surface area contributed by atoms with Crippen LogP contribution >= 0.6 is 11.8 Å². The van der Waals surface area contributed by atoms with Crippen molar-refractivity contribution in [3.8, 4) is 0 Å². The van der Waals surface area contributed by atoms with Gasteiger partial charge < -0.3 is 9.84 Å². The zero-order valence-electron chi connectivity index (χ0n) is 9.49. The molecule has 1 rings (SSSR count). The van der Waals surface area contributed by atoms with Gasteiger partial charge in [-0.15, -0.1) is 11.8 Å². The van der Waals surface area contributed by atoms with Gasteiger partial charge in [0.25, 0.3) is 0 Å². The van der Waals surface area contributed by atoms with E-state index in [-0.39, 0.29) is 5.97 Å². The molecule has 1 heterocycles. The van der Waals surface area contributed by atoms with Crippen LogP contribution in [-0.2, 0) is 14.3 Å². The van der Waals surface area contributed by atoms with Crippen LogP contribution in [0.25, 0.3) is 0 Å². The molecule has 0 aliphatic carbocycles. The Bertz CT molecular complexity index is 284. The third-order valence-electron chi connectivity index (χ3n) is 2.41. The molecular weight excluding hydrogens is 230 g/mol. The molecule has 1 fully saturated rings. The van der Waals surface area contributed by atoms with Crippen LogP contribution in [0, 0.1) is 0 Å². The van der Waals surface area contributed by atoms with Gasteiger partial charge in [0.05, 0.1) is 6.61 Å². The number of hydrogen-bond acceptors (Lipinski definition) is 5. The Morgan fingerprint density at radius 2 is 2.25 bits per heavy atom. The monoisotopic (exact) mass is 247 g/mol. The van der Waals surface area contributed by atoms with Gasteiger partial charge in [-0.05, 0) is 13.3 Å². The van der Waals surface area contributed by atoms with Crippen LogP contribution in [-0.4, -0.2) is 40.3 Å². The first-order valence-electron chi connectivity index (χ1n) is 5.37. The van der Waals surface area contributed by atoms with Crippen molar-refractivity contribution in [1.29, 1.82) is 0 Å². The molecule has 2 N–H and O–H groups in total. The summed E-state index contributed by atoms with van der Waals surface area (Å²) in [6, 6.07) is -0.666. The van der Waals surface area contributed by atoms with Crippen LogP contribution in [0.1, 0.15) is 26.7 Å². The molecular formula is C10H17NO4S. The lowest BCUT2D eigenvalue weighted by molar-refractivity contribution is -0.148. The van der Waals surface area contributed by atoms with Crippen LogP contribution < -0.4 is 5.32 Å². The first-order chi connectivity index (χ1) is 7.55. The van der Waals surface area contributed by atoms with Gasteiger partial charge in [0.2, 0.25) is 0 Å². The van der Waals surface area contributed by atoms with E-state index in [0.29, 0.717) is 18.8 Å². The number of rotatable bonds is 5. The lowest BCUT2D eigenvalue weighted by atomic mass is 10.1. The predicted octanol–water partition coefficient (Wildman–Crippen LogP) is 0.835. The lowest BCUT2D eigenvalue weighted by Crippen LogP contribution is -2.51. The van der Waals surface area contributed by atoms with Crippen molar-refractivity contribution in [3.63, 3.8) is 0 Å². The van der Waals surface area contributed by atoms with E-state index in [9.17, 15) is 9.59 Å². The average Bonchev–Trinajstić information content (AvgIpc) is 2.64. The summed E-state index contributed by atoms with van der Waals surface area (Å²) in [5.41, 5.74) is 0. The van der Waals surface area contributed by atoms with E-state index in [1.165, 1.54) is 11.8 Å². The van der Waals surface area contributed by atoms with Crippen molar-refractivity contribution in [3.05, 3.63) is 0 Å². The maximum Gasteiger partial charge on any atom is 0.336 e. The molecule has 92 valence electrons. The third-order valence-corrected chi connectivity index (χ3v) is 3.89. The summed E-state index contributed by atoms with van der Waals surface area (Å²) in [7, 11) is 0. The Hall–Kier alpha value is -0.750. The van der Waals surface area contributed by atoms with Crippen LogP contribution in [0.2, 0.25) is 0 Å². The fourth-order valence-electron chi connectivity index (χ4n) is 1.69. The van der Waals surface area contributed by atoms with Crippen molar-refractivity contribution >= 4 is 23.7 Å². The van der Waals surface area contributed by atoms with Crippen LogP contribution in [0.3, 0.4) is 0 Å². The largest absolute Gasteiger partial charge is 0.480 e. The van der Waals surface area contributed by atoms with E-state index >= 15 is 0 Å². The standard InChI is InChI=1S/C10H17NO4S/c1-3-5-10(9(14)15-4-2)11-7(6-16-10)8(12)13/h7,11H,3-6H2,1-2H3,(H,12,13)/t7-,10?/m0/s1. The number of carboxylic acid groups (broad SMARTS) is 1. The first-order valence-corrected chi connectivity index (χ1v) is 6.36.